The van der Waals surface area contributed by atoms with E-state index in [1.165, 1.54) is 11.1 Å². The number of nitrogens with two attached hydrogens (primary N) is 1. The van der Waals surface area contributed by atoms with E-state index in [1.807, 2.05) is 18.2 Å². The third-order valence-electron chi connectivity index (χ3n) is 2.80. The first kappa shape index (κ1) is 14.8. The smallest absolute Gasteiger partial charge is 0.344 e. The molecule has 5 heteroatoms. The lowest BCUT2D eigenvalue weighted by Gasteiger charge is -2.07. The molecule has 1 aromatic carbocycles. The van der Waals surface area contributed by atoms with Crippen molar-refractivity contribution in [3.05, 3.63) is 29.3 Å². The van der Waals surface area contributed by atoms with Gasteiger partial charge in [-0.25, -0.2) is 4.79 Å². The molecule has 0 radical (unpaired) electrons. The molecule has 1 aliphatic carbocycles. The van der Waals surface area contributed by atoms with Gasteiger partial charge in [-0.15, -0.1) is 12.4 Å². The van der Waals surface area contributed by atoms with Crippen LogP contribution in [0.25, 0.3) is 0 Å². The van der Waals surface area contributed by atoms with Crippen LogP contribution in [0.2, 0.25) is 0 Å². The molecule has 1 aliphatic rings. The van der Waals surface area contributed by atoms with Gasteiger partial charge in [0.15, 0.2) is 6.61 Å². The van der Waals surface area contributed by atoms with Crippen molar-refractivity contribution < 1.29 is 14.3 Å². The molecule has 0 bridgehead atoms. The highest BCUT2D eigenvalue weighted by Crippen LogP contribution is 2.25. The number of fused-ring (bicyclic) bond motifs is 1. The lowest BCUT2D eigenvalue weighted by Crippen LogP contribution is -2.19. The van der Waals surface area contributed by atoms with Gasteiger partial charge in [0.2, 0.25) is 0 Å². The van der Waals surface area contributed by atoms with Gasteiger partial charge in [0.1, 0.15) is 5.75 Å². The Bertz CT molecular complexity index is 423. The number of hydrogen-bond acceptors (Lipinski definition) is 4. The van der Waals surface area contributed by atoms with Crippen molar-refractivity contribution in [2.24, 2.45) is 5.73 Å². The Labute approximate surface area is 113 Å². The fraction of sp³-hybridized carbons (Fsp3) is 0.462. The van der Waals surface area contributed by atoms with Crippen molar-refractivity contribution >= 4 is 18.4 Å². The zero-order valence-corrected chi connectivity index (χ0v) is 11.2. The largest absolute Gasteiger partial charge is 0.482 e. The van der Waals surface area contributed by atoms with Gasteiger partial charge in [-0.3, -0.25) is 0 Å². The van der Waals surface area contributed by atoms with Crippen LogP contribution in [0.4, 0.5) is 0 Å². The third kappa shape index (κ3) is 3.62. The molecular weight excluding hydrogens is 254 g/mol. The van der Waals surface area contributed by atoms with Crippen LogP contribution in [0.1, 0.15) is 18.1 Å². The summed E-state index contributed by atoms with van der Waals surface area (Å²) in [6.45, 7) is 2.11. The second-order valence-electron chi connectivity index (χ2n) is 4.19. The minimum Gasteiger partial charge on any atom is -0.482 e. The van der Waals surface area contributed by atoms with Crippen LogP contribution >= 0.6 is 12.4 Å². The maximum Gasteiger partial charge on any atom is 0.344 e. The normalized spacial score (nSPS) is 16.7. The fourth-order valence-electron chi connectivity index (χ4n) is 2.06. The number of esters is 1. The zero-order chi connectivity index (χ0) is 12.3. The van der Waals surface area contributed by atoms with Crippen LogP contribution in [0.15, 0.2) is 18.2 Å². The van der Waals surface area contributed by atoms with Gasteiger partial charge in [-0.05, 0) is 43.0 Å². The maximum atomic E-state index is 11.1. The van der Waals surface area contributed by atoms with Gasteiger partial charge in [0.25, 0.3) is 0 Å². The highest BCUT2D eigenvalue weighted by atomic mass is 35.5. The molecule has 1 unspecified atom stereocenters. The molecule has 2 rings (SSSR count). The van der Waals surface area contributed by atoms with Crippen LogP contribution in [0, 0.1) is 0 Å². The van der Waals surface area contributed by atoms with Crippen LogP contribution in [0.3, 0.4) is 0 Å². The molecule has 4 nitrogen and oxygen atoms in total. The van der Waals surface area contributed by atoms with E-state index in [4.69, 9.17) is 15.2 Å². The van der Waals surface area contributed by atoms with Gasteiger partial charge in [-0.2, -0.15) is 0 Å². The van der Waals surface area contributed by atoms with Crippen LogP contribution < -0.4 is 10.5 Å². The maximum absolute atomic E-state index is 11.1. The number of hydrogen-bond donors (Lipinski definition) is 1. The average Bonchev–Trinajstić information content (AvgIpc) is 2.66. The first-order chi connectivity index (χ1) is 8.19. The predicted octanol–water partition coefficient (Wildman–Crippen LogP) is 1.48. The molecule has 0 saturated heterocycles. The van der Waals surface area contributed by atoms with Crippen molar-refractivity contribution in [2.45, 2.75) is 25.8 Å². The second kappa shape index (κ2) is 6.61. The van der Waals surface area contributed by atoms with Crippen molar-refractivity contribution in [1.29, 1.82) is 0 Å². The first-order valence-corrected chi connectivity index (χ1v) is 5.85. The SMILES string of the molecule is CCOC(=O)COc1ccc2c(c1)CC(N)C2.Cl. The summed E-state index contributed by atoms with van der Waals surface area (Å²) < 4.78 is 10.2. The van der Waals surface area contributed by atoms with Gasteiger partial charge in [0.05, 0.1) is 6.61 Å². The summed E-state index contributed by atoms with van der Waals surface area (Å²) in [5.74, 6) is 0.357. The van der Waals surface area contributed by atoms with E-state index in [2.05, 4.69) is 0 Å². The fourth-order valence-corrected chi connectivity index (χ4v) is 2.06. The number of rotatable bonds is 4. The average molecular weight is 272 g/mol. The Morgan fingerprint density at radius 2 is 2.11 bits per heavy atom. The van der Waals surface area contributed by atoms with E-state index in [0.29, 0.717) is 12.4 Å². The second-order valence-corrected chi connectivity index (χ2v) is 4.19. The first-order valence-electron chi connectivity index (χ1n) is 5.85. The molecule has 18 heavy (non-hydrogen) atoms. The molecule has 1 aromatic rings. The van der Waals surface area contributed by atoms with Gasteiger partial charge < -0.3 is 15.2 Å². The number of carbonyl (C=O) groups excluding carboxylic acids is 1. The molecule has 0 aromatic heterocycles. The Kier molecular flexibility index (Phi) is 5.44. The van der Waals surface area contributed by atoms with Crippen molar-refractivity contribution in [2.75, 3.05) is 13.2 Å². The van der Waals surface area contributed by atoms with Crippen LogP contribution in [-0.4, -0.2) is 25.2 Å². The standard InChI is InChI=1S/C13H17NO3.ClH/c1-2-16-13(15)8-17-12-4-3-9-5-11(14)6-10(9)7-12;/h3-4,7,11H,2,5-6,8,14H2,1H3;1H. The van der Waals surface area contributed by atoms with Gasteiger partial charge in [-0.1, -0.05) is 6.07 Å². The minimum atomic E-state index is -0.343. The van der Waals surface area contributed by atoms with Gasteiger partial charge in [0, 0.05) is 6.04 Å². The molecule has 0 spiro atoms. The van der Waals surface area contributed by atoms with Crippen molar-refractivity contribution in [3.8, 4) is 5.75 Å². The summed E-state index contributed by atoms with van der Waals surface area (Å²) in [6.07, 6.45) is 1.80. The Morgan fingerprint density at radius 1 is 1.39 bits per heavy atom. The molecule has 0 fully saturated rings. The monoisotopic (exact) mass is 271 g/mol. The van der Waals surface area contributed by atoms with E-state index < -0.39 is 0 Å². The Morgan fingerprint density at radius 3 is 2.83 bits per heavy atom. The molecule has 100 valence electrons. The molecular formula is C13H18ClNO3. The lowest BCUT2D eigenvalue weighted by molar-refractivity contribution is -0.145. The molecule has 0 amide bonds. The van der Waals surface area contributed by atoms with Crippen molar-refractivity contribution in [3.63, 3.8) is 0 Å². The molecule has 1 atom stereocenters. The number of halogens is 1. The highest BCUT2D eigenvalue weighted by Gasteiger charge is 2.18. The molecule has 0 saturated carbocycles. The van der Waals surface area contributed by atoms with E-state index in [1.54, 1.807) is 6.92 Å². The minimum absolute atomic E-state index is 0. The quantitative estimate of drug-likeness (QED) is 0.843. The third-order valence-corrected chi connectivity index (χ3v) is 2.80. The number of benzene rings is 1. The lowest BCUT2D eigenvalue weighted by atomic mass is 10.1. The van der Waals surface area contributed by atoms with Crippen molar-refractivity contribution in [1.82, 2.24) is 0 Å². The summed E-state index contributed by atoms with van der Waals surface area (Å²) in [4.78, 5) is 11.1. The van der Waals surface area contributed by atoms with Crippen LogP contribution in [0.5, 0.6) is 5.75 Å². The van der Waals surface area contributed by atoms with E-state index >= 15 is 0 Å². The summed E-state index contributed by atoms with van der Waals surface area (Å²) in [6, 6.07) is 6.06. The predicted molar refractivity (Wildman–Crippen MR) is 71.2 cm³/mol. The number of ether oxygens (including phenoxy) is 2. The van der Waals surface area contributed by atoms with E-state index in [-0.39, 0.29) is 31.0 Å². The van der Waals surface area contributed by atoms with E-state index in [9.17, 15) is 4.79 Å². The molecule has 0 heterocycles. The number of carbonyl (C=O) groups is 1. The summed E-state index contributed by atoms with van der Waals surface area (Å²) in [5, 5.41) is 0. The summed E-state index contributed by atoms with van der Waals surface area (Å²) in [5.41, 5.74) is 8.38. The summed E-state index contributed by atoms with van der Waals surface area (Å²) in [7, 11) is 0. The molecule has 2 N–H and O–H groups in total. The molecule has 0 aliphatic heterocycles. The summed E-state index contributed by atoms with van der Waals surface area (Å²) >= 11 is 0. The Hall–Kier alpha value is -1.26. The Balaban J connectivity index is 0.00000162. The zero-order valence-electron chi connectivity index (χ0n) is 10.3. The topological polar surface area (TPSA) is 61.5 Å². The van der Waals surface area contributed by atoms with Crippen LogP contribution in [-0.2, 0) is 22.4 Å². The van der Waals surface area contributed by atoms with E-state index in [0.717, 1.165) is 12.8 Å². The highest BCUT2D eigenvalue weighted by molar-refractivity contribution is 5.85. The van der Waals surface area contributed by atoms with Gasteiger partial charge >= 0.3 is 5.97 Å².